The van der Waals surface area contributed by atoms with Crippen molar-refractivity contribution in [1.82, 2.24) is 4.90 Å². The summed E-state index contributed by atoms with van der Waals surface area (Å²) in [7, 11) is 0. The number of nitrogens with two attached hydrogens (primary N) is 1. The zero-order valence-electron chi connectivity index (χ0n) is 14.6. The average molecular weight is 395 g/mol. The summed E-state index contributed by atoms with van der Waals surface area (Å²) < 4.78 is 32.0. The highest BCUT2D eigenvalue weighted by Crippen LogP contribution is 2.37. The molecule has 2 fully saturated rings. The topological polar surface area (TPSA) is 55.6 Å². The molecule has 27 heavy (non-hydrogen) atoms. The van der Waals surface area contributed by atoms with Gasteiger partial charge < -0.3 is 15.4 Å². The molecule has 2 aromatic rings. The normalized spacial score (nSPS) is 23.7. The monoisotopic (exact) mass is 394 g/mol. The maximum atomic E-state index is 13.7. The van der Waals surface area contributed by atoms with Crippen LogP contribution in [0.1, 0.15) is 23.2 Å². The molecule has 0 radical (unpaired) electrons. The third kappa shape index (κ3) is 3.92. The first kappa shape index (κ1) is 19.6. The number of hydrogen-bond acceptors (Lipinski definition) is 3. The molecule has 1 heterocycles. The van der Waals surface area contributed by atoms with Gasteiger partial charge in [0, 0.05) is 30.8 Å². The molecule has 3 unspecified atom stereocenters. The van der Waals surface area contributed by atoms with Crippen LogP contribution in [0.3, 0.4) is 0 Å². The summed E-state index contributed by atoms with van der Waals surface area (Å²) in [4.78, 5) is 14.6. The van der Waals surface area contributed by atoms with E-state index in [1.165, 1.54) is 6.07 Å². The maximum absolute atomic E-state index is 13.7. The molecule has 1 saturated carbocycles. The molecule has 2 aromatic carbocycles. The number of amides is 1. The molecule has 4 rings (SSSR count). The fourth-order valence-corrected chi connectivity index (χ4v) is 4.01. The van der Waals surface area contributed by atoms with Crippen LogP contribution in [0.15, 0.2) is 42.5 Å². The van der Waals surface area contributed by atoms with Gasteiger partial charge in [0.2, 0.25) is 0 Å². The highest BCUT2D eigenvalue weighted by atomic mass is 35.5. The molecule has 144 valence electrons. The quantitative estimate of drug-likeness (QED) is 0.856. The minimum atomic E-state index is -0.773. The van der Waals surface area contributed by atoms with Gasteiger partial charge in [0.15, 0.2) is 11.6 Å². The largest absolute Gasteiger partial charge is 0.454 e. The molecule has 0 bridgehead atoms. The van der Waals surface area contributed by atoms with Gasteiger partial charge in [-0.15, -0.1) is 12.4 Å². The van der Waals surface area contributed by atoms with Gasteiger partial charge in [-0.3, -0.25) is 4.79 Å². The predicted octanol–water partition coefficient (Wildman–Crippen LogP) is 3.99. The number of carbonyl (C=O) groups excluding carboxylic acids is 1. The van der Waals surface area contributed by atoms with Crippen molar-refractivity contribution in [3.05, 3.63) is 59.7 Å². The van der Waals surface area contributed by atoms with Crippen LogP contribution in [-0.4, -0.2) is 29.9 Å². The molecule has 1 amide bonds. The van der Waals surface area contributed by atoms with Gasteiger partial charge in [0.1, 0.15) is 11.6 Å². The lowest BCUT2D eigenvalue weighted by Crippen LogP contribution is -2.33. The highest BCUT2D eigenvalue weighted by molar-refractivity contribution is 5.94. The van der Waals surface area contributed by atoms with Crippen molar-refractivity contribution in [3.8, 4) is 11.5 Å². The molecular weight excluding hydrogens is 374 g/mol. The van der Waals surface area contributed by atoms with E-state index < -0.39 is 11.6 Å². The molecular formula is C20H21ClF2N2O2. The second kappa shape index (κ2) is 7.82. The molecule has 3 atom stereocenters. The van der Waals surface area contributed by atoms with Crippen LogP contribution in [0, 0.1) is 23.5 Å². The number of fused-ring (bicyclic) bond motifs is 1. The summed E-state index contributed by atoms with van der Waals surface area (Å²) >= 11 is 0. The van der Waals surface area contributed by atoms with Gasteiger partial charge >= 0.3 is 0 Å². The zero-order chi connectivity index (χ0) is 18.3. The molecule has 0 aromatic heterocycles. The van der Waals surface area contributed by atoms with Crippen LogP contribution in [0.25, 0.3) is 0 Å². The predicted molar refractivity (Wildman–Crippen MR) is 100 cm³/mol. The van der Waals surface area contributed by atoms with Crippen molar-refractivity contribution in [3.63, 3.8) is 0 Å². The summed E-state index contributed by atoms with van der Waals surface area (Å²) in [5.74, 6) is -0.220. The number of benzene rings is 2. The average Bonchev–Trinajstić information content (AvgIpc) is 3.20. The Hall–Kier alpha value is -2.18. The van der Waals surface area contributed by atoms with Crippen LogP contribution >= 0.6 is 12.4 Å². The Labute approximate surface area is 162 Å². The third-order valence-electron chi connectivity index (χ3n) is 5.42. The van der Waals surface area contributed by atoms with Crippen molar-refractivity contribution < 1.29 is 18.3 Å². The van der Waals surface area contributed by atoms with Crippen molar-refractivity contribution >= 4 is 18.3 Å². The second-order valence-electron chi connectivity index (χ2n) is 7.08. The Balaban J connectivity index is 0.00000210. The first-order chi connectivity index (χ1) is 12.5. The van der Waals surface area contributed by atoms with Crippen LogP contribution < -0.4 is 10.5 Å². The number of halogens is 3. The summed E-state index contributed by atoms with van der Waals surface area (Å²) in [6.45, 7) is 1.47. The Morgan fingerprint density at radius 1 is 1.07 bits per heavy atom. The minimum Gasteiger partial charge on any atom is -0.454 e. The number of rotatable bonds is 3. The van der Waals surface area contributed by atoms with Gasteiger partial charge in [-0.2, -0.15) is 0 Å². The molecule has 1 aliphatic heterocycles. The lowest BCUT2D eigenvalue weighted by Gasteiger charge is -2.19. The smallest absolute Gasteiger partial charge is 0.253 e. The van der Waals surface area contributed by atoms with E-state index in [4.69, 9.17) is 10.5 Å². The highest BCUT2D eigenvalue weighted by Gasteiger charge is 2.42. The van der Waals surface area contributed by atoms with Crippen molar-refractivity contribution in [2.45, 2.75) is 18.9 Å². The molecule has 2 aliphatic rings. The third-order valence-corrected chi connectivity index (χ3v) is 5.42. The first-order valence-electron chi connectivity index (χ1n) is 8.79. The number of carbonyl (C=O) groups is 1. The zero-order valence-corrected chi connectivity index (χ0v) is 15.4. The van der Waals surface area contributed by atoms with Crippen molar-refractivity contribution in [2.24, 2.45) is 17.6 Å². The molecule has 1 aliphatic carbocycles. The van der Waals surface area contributed by atoms with Gasteiger partial charge in [-0.1, -0.05) is 0 Å². The van der Waals surface area contributed by atoms with E-state index in [1.807, 2.05) is 4.90 Å². The van der Waals surface area contributed by atoms with Gasteiger partial charge in [-0.05, 0) is 61.1 Å². The first-order valence-corrected chi connectivity index (χ1v) is 8.79. The minimum absolute atomic E-state index is 0. The summed E-state index contributed by atoms with van der Waals surface area (Å²) in [5, 5.41) is 0. The Kier molecular flexibility index (Phi) is 5.67. The molecule has 0 spiro atoms. The standard InChI is InChI=1S/C20H20F2N2O2.ClH/c21-14-4-8-19(17(22)9-14)26-15-5-1-12(2-6-15)20(25)24-10-13-3-7-18(23)16(13)11-24;/h1-2,4-6,8-9,13,16,18H,3,7,10-11,23H2;1H. The van der Waals surface area contributed by atoms with Gasteiger partial charge in [0.25, 0.3) is 5.91 Å². The van der Waals surface area contributed by atoms with E-state index in [9.17, 15) is 13.6 Å². The second-order valence-corrected chi connectivity index (χ2v) is 7.08. The van der Waals surface area contributed by atoms with Gasteiger partial charge in [-0.25, -0.2) is 8.78 Å². The summed E-state index contributed by atoms with van der Waals surface area (Å²) in [6, 6.07) is 9.86. The van der Waals surface area contributed by atoms with Crippen LogP contribution in [0.5, 0.6) is 11.5 Å². The van der Waals surface area contributed by atoms with E-state index in [0.717, 1.165) is 31.5 Å². The summed E-state index contributed by atoms with van der Waals surface area (Å²) in [6.07, 6.45) is 2.13. The molecule has 4 nitrogen and oxygen atoms in total. The Morgan fingerprint density at radius 3 is 2.48 bits per heavy atom. The van der Waals surface area contributed by atoms with Crippen LogP contribution in [0.4, 0.5) is 8.78 Å². The lowest BCUT2D eigenvalue weighted by molar-refractivity contribution is 0.0779. The molecule has 2 N–H and O–H groups in total. The number of ether oxygens (including phenoxy) is 1. The number of nitrogens with zero attached hydrogens (tertiary/aromatic N) is 1. The van der Waals surface area contributed by atoms with Crippen molar-refractivity contribution in [2.75, 3.05) is 13.1 Å². The lowest BCUT2D eigenvalue weighted by atomic mass is 9.98. The number of hydrogen-bond donors (Lipinski definition) is 1. The van der Waals surface area contributed by atoms with Crippen molar-refractivity contribution in [1.29, 1.82) is 0 Å². The van der Waals surface area contributed by atoms with Gasteiger partial charge in [0.05, 0.1) is 0 Å². The molecule has 7 heteroatoms. The maximum Gasteiger partial charge on any atom is 0.253 e. The fraction of sp³-hybridized carbons (Fsp3) is 0.350. The van der Waals surface area contributed by atoms with E-state index in [-0.39, 0.29) is 30.1 Å². The SMILES string of the molecule is Cl.NC1CCC2CN(C(=O)c3ccc(Oc4ccc(F)cc4F)cc3)CC12. The number of likely N-dealkylation sites (tertiary alicyclic amines) is 1. The molecule has 1 saturated heterocycles. The van der Waals surface area contributed by atoms with Crippen LogP contribution in [0.2, 0.25) is 0 Å². The Bertz CT molecular complexity index is 831. The van der Waals surface area contributed by atoms with Crippen LogP contribution in [-0.2, 0) is 0 Å². The van der Waals surface area contributed by atoms with E-state index in [1.54, 1.807) is 24.3 Å². The Morgan fingerprint density at radius 2 is 1.81 bits per heavy atom. The van der Waals surface area contributed by atoms with E-state index in [0.29, 0.717) is 29.7 Å². The fourth-order valence-electron chi connectivity index (χ4n) is 4.01. The summed E-state index contributed by atoms with van der Waals surface area (Å²) in [5.41, 5.74) is 6.69. The van der Waals surface area contributed by atoms with E-state index in [2.05, 4.69) is 0 Å². The van der Waals surface area contributed by atoms with E-state index >= 15 is 0 Å².